The van der Waals surface area contributed by atoms with Gasteiger partial charge in [0.15, 0.2) is 0 Å². The molecule has 0 unspecified atom stereocenters. The van der Waals surface area contributed by atoms with Gasteiger partial charge in [-0.15, -0.1) is 5.10 Å². The fraction of sp³-hybridized carbons (Fsp3) is 0.526. The Morgan fingerprint density at radius 3 is 2.59 bits per heavy atom. The van der Waals surface area contributed by atoms with Crippen molar-refractivity contribution in [1.82, 2.24) is 15.5 Å². The van der Waals surface area contributed by atoms with Crippen molar-refractivity contribution < 1.29 is 17.6 Å². The highest BCUT2D eigenvalue weighted by molar-refractivity contribution is 7.90. The summed E-state index contributed by atoms with van der Waals surface area (Å²) in [6.07, 6.45) is 6.46. The van der Waals surface area contributed by atoms with Crippen molar-refractivity contribution in [2.75, 3.05) is 6.54 Å². The van der Waals surface area contributed by atoms with Gasteiger partial charge in [-0.25, -0.2) is 8.42 Å². The van der Waals surface area contributed by atoms with Crippen LogP contribution in [0.3, 0.4) is 0 Å². The minimum atomic E-state index is -3.66. The molecule has 1 aromatic heterocycles. The van der Waals surface area contributed by atoms with Crippen LogP contribution in [0.1, 0.15) is 50.0 Å². The maximum Gasteiger partial charge on any atom is 0.335 e. The minimum absolute atomic E-state index is 0.117. The van der Waals surface area contributed by atoms with Gasteiger partial charge < -0.3 is 9.73 Å². The van der Waals surface area contributed by atoms with E-state index >= 15 is 0 Å². The van der Waals surface area contributed by atoms with Crippen LogP contribution in [-0.2, 0) is 26.8 Å². The molecule has 1 aliphatic carbocycles. The molecule has 27 heavy (non-hydrogen) atoms. The first-order valence-electron chi connectivity index (χ1n) is 9.41. The molecule has 8 heteroatoms. The summed E-state index contributed by atoms with van der Waals surface area (Å²) in [6.45, 7) is 0.518. The Bertz CT molecular complexity index is 843. The predicted molar refractivity (Wildman–Crippen MR) is 99.5 cm³/mol. The van der Waals surface area contributed by atoms with Gasteiger partial charge in [0.05, 0.1) is 5.75 Å². The monoisotopic (exact) mass is 391 g/mol. The fourth-order valence-electron chi connectivity index (χ4n) is 3.28. The molecule has 146 valence electrons. The van der Waals surface area contributed by atoms with Crippen LogP contribution in [0.15, 0.2) is 40.0 Å². The molecule has 1 aliphatic rings. The molecule has 1 heterocycles. The van der Waals surface area contributed by atoms with Gasteiger partial charge in [0.2, 0.25) is 21.6 Å². The Morgan fingerprint density at radius 2 is 1.85 bits per heavy atom. The summed E-state index contributed by atoms with van der Waals surface area (Å²) < 4.78 is 30.0. The van der Waals surface area contributed by atoms with Crippen molar-refractivity contribution in [3.05, 3.63) is 41.8 Å². The lowest BCUT2D eigenvalue weighted by Crippen LogP contribution is -2.32. The standard InChI is InChI=1S/C19H25N3O4S/c23-18(16-10-5-2-6-11-16)20-13-7-12-17-21-22-19(26-17)27(24,25)14-15-8-3-1-4-9-15/h1,3-4,8-9,16H,2,5-7,10-14H2,(H,20,23). The van der Waals surface area contributed by atoms with Crippen LogP contribution in [0.2, 0.25) is 0 Å². The predicted octanol–water partition coefficient (Wildman–Crippen LogP) is 2.67. The van der Waals surface area contributed by atoms with Crippen molar-refractivity contribution in [2.24, 2.45) is 5.92 Å². The third-order valence-electron chi connectivity index (χ3n) is 4.76. The number of nitrogens with zero attached hydrogens (tertiary/aromatic N) is 2. The zero-order valence-corrected chi connectivity index (χ0v) is 16.1. The minimum Gasteiger partial charge on any atom is -0.413 e. The van der Waals surface area contributed by atoms with Crippen molar-refractivity contribution in [3.8, 4) is 0 Å². The molecule has 0 spiro atoms. The van der Waals surface area contributed by atoms with Crippen molar-refractivity contribution in [1.29, 1.82) is 0 Å². The SMILES string of the molecule is O=C(NCCCc1nnc(S(=O)(=O)Cc2ccccc2)o1)C1CCCCC1. The summed E-state index contributed by atoms with van der Waals surface area (Å²) in [5.74, 6) is 0.351. The van der Waals surface area contributed by atoms with Crippen LogP contribution in [0.4, 0.5) is 0 Å². The van der Waals surface area contributed by atoms with Crippen molar-refractivity contribution in [3.63, 3.8) is 0 Å². The van der Waals surface area contributed by atoms with Gasteiger partial charge in [-0.1, -0.05) is 54.7 Å². The normalized spacial score (nSPS) is 15.6. The average Bonchev–Trinajstić information content (AvgIpc) is 3.16. The third kappa shape index (κ3) is 5.63. The summed E-state index contributed by atoms with van der Waals surface area (Å²) >= 11 is 0. The Morgan fingerprint density at radius 1 is 1.11 bits per heavy atom. The molecule has 2 aromatic rings. The summed E-state index contributed by atoms with van der Waals surface area (Å²) in [4.78, 5) is 12.1. The Balaban J connectivity index is 1.45. The first-order valence-corrected chi connectivity index (χ1v) is 11.1. The number of hydrogen-bond donors (Lipinski definition) is 1. The molecule has 1 fully saturated rings. The number of benzene rings is 1. The smallest absolute Gasteiger partial charge is 0.335 e. The first-order chi connectivity index (χ1) is 13.0. The Hall–Kier alpha value is -2.22. The molecule has 0 radical (unpaired) electrons. The maximum absolute atomic E-state index is 12.4. The number of aryl methyl sites for hydroxylation is 1. The van der Waals surface area contributed by atoms with Gasteiger partial charge in [0.25, 0.3) is 0 Å². The molecule has 3 rings (SSSR count). The van der Waals surface area contributed by atoms with Crippen LogP contribution < -0.4 is 5.32 Å². The topological polar surface area (TPSA) is 102 Å². The lowest BCUT2D eigenvalue weighted by atomic mass is 9.89. The zero-order valence-electron chi connectivity index (χ0n) is 15.3. The summed E-state index contributed by atoms with van der Waals surface area (Å²) in [5, 5.41) is 10.1. The summed E-state index contributed by atoms with van der Waals surface area (Å²) in [6, 6.07) is 8.87. The Labute approximate surface area is 159 Å². The molecule has 0 saturated heterocycles. The van der Waals surface area contributed by atoms with Gasteiger partial charge in [-0.05, 0) is 24.8 Å². The number of aromatic nitrogens is 2. The van der Waals surface area contributed by atoms with E-state index in [1.54, 1.807) is 24.3 Å². The highest BCUT2D eigenvalue weighted by Crippen LogP contribution is 2.23. The van der Waals surface area contributed by atoms with Crippen LogP contribution in [-0.4, -0.2) is 31.1 Å². The second-order valence-electron chi connectivity index (χ2n) is 6.94. The number of hydrogen-bond acceptors (Lipinski definition) is 6. The molecule has 7 nitrogen and oxygen atoms in total. The van der Waals surface area contributed by atoms with Gasteiger partial charge in [-0.2, -0.15) is 0 Å². The molecule has 1 N–H and O–H groups in total. The quantitative estimate of drug-likeness (QED) is 0.694. The van der Waals surface area contributed by atoms with E-state index in [4.69, 9.17) is 4.42 Å². The van der Waals surface area contributed by atoms with Crippen LogP contribution in [0.25, 0.3) is 0 Å². The number of carbonyl (C=O) groups is 1. The number of carbonyl (C=O) groups excluding carboxylic acids is 1. The highest BCUT2D eigenvalue weighted by Gasteiger charge is 2.23. The maximum atomic E-state index is 12.4. The van der Waals surface area contributed by atoms with E-state index in [1.165, 1.54) is 6.42 Å². The van der Waals surface area contributed by atoms with E-state index < -0.39 is 9.84 Å². The van der Waals surface area contributed by atoms with Crippen molar-refractivity contribution in [2.45, 2.75) is 55.9 Å². The second-order valence-corrected chi connectivity index (χ2v) is 8.80. The van der Waals surface area contributed by atoms with Gasteiger partial charge in [0.1, 0.15) is 0 Å². The second kappa shape index (κ2) is 9.12. The molecule has 0 aliphatic heterocycles. The molecular formula is C19H25N3O4S. The number of amides is 1. The molecule has 1 amide bonds. The largest absolute Gasteiger partial charge is 0.413 e. The van der Waals surface area contributed by atoms with E-state index in [0.29, 0.717) is 24.9 Å². The van der Waals surface area contributed by atoms with E-state index in [0.717, 1.165) is 25.7 Å². The zero-order chi connectivity index (χ0) is 19.1. The molecule has 1 saturated carbocycles. The van der Waals surface area contributed by atoms with Gasteiger partial charge >= 0.3 is 5.22 Å². The fourth-order valence-corrected chi connectivity index (χ4v) is 4.42. The molecule has 0 atom stereocenters. The van der Waals surface area contributed by atoms with Crippen LogP contribution in [0, 0.1) is 5.92 Å². The lowest BCUT2D eigenvalue weighted by molar-refractivity contribution is -0.125. The van der Waals surface area contributed by atoms with Crippen LogP contribution in [0.5, 0.6) is 0 Å². The summed E-state index contributed by atoms with van der Waals surface area (Å²) in [5.41, 5.74) is 0.669. The highest BCUT2D eigenvalue weighted by atomic mass is 32.2. The summed E-state index contributed by atoms with van der Waals surface area (Å²) in [7, 11) is -3.66. The molecule has 0 bridgehead atoms. The number of sulfone groups is 1. The van der Waals surface area contributed by atoms with Gasteiger partial charge in [-0.3, -0.25) is 4.79 Å². The number of rotatable bonds is 8. The first kappa shape index (κ1) is 19.5. The lowest BCUT2D eigenvalue weighted by Gasteiger charge is -2.20. The number of nitrogens with one attached hydrogen (secondary N) is 1. The van der Waals surface area contributed by atoms with Crippen LogP contribution >= 0.6 is 0 Å². The third-order valence-corrected chi connectivity index (χ3v) is 6.17. The Kier molecular flexibility index (Phi) is 6.60. The van der Waals surface area contributed by atoms with E-state index in [2.05, 4.69) is 15.5 Å². The van der Waals surface area contributed by atoms with E-state index in [9.17, 15) is 13.2 Å². The average molecular weight is 391 g/mol. The molecular weight excluding hydrogens is 366 g/mol. The van der Waals surface area contributed by atoms with E-state index in [-0.39, 0.29) is 28.7 Å². The van der Waals surface area contributed by atoms with E-state index in [1.807, 2.05) is 6.07 Å². The molecule has 1 aromatic carbocycles. The van der Waals surface area contributed by atoms with Crippen molar-refractivity contribution >= 4 is 15.7 Å². The van der Waals surface area contributed by atoms with Gasteiger partial charge in [0, 0.05) is 18.9 Å².